The first-order valence-electron chi connectivity index (χ1n) is 7.22. The Morgan fingerprint density at radius 3 is 2.82 bits per heavy atom. The van der Waals surface area contributed by atoms with E-state index in [-0.39, 0.29) is 12.7 Å². The van der Waals surface area contributed by atoms with Gasteiger partial charge in [-0.25, -0.2) is 0 Å². The van der Waals surface area contributed by atoms with Crippen molar-refractivity contribution in [1.29, 1.82) is 0 Å². The normalized spacial score (nSPS) is 14.4. The maximum Gasteiger partial charge on any atom is 0.231 e. The Kier molecular flexibility index (Phi) is 3.11. The van der Waals surface area contributed by atoms with Crippen LogP contribution in [-0.4, -0.2) is 19.3 Å². The van der Waals surface area contributed by atoms with Gasteiger partial charge in [0.15, 0.2) is 11.5 Å². The highest BCUT2D eigenvalue weighted by Gasteiger charge is 2.15. The number of rotatable bonds is 3. The first-order valence-corrected chi connectivity index (χ1v) is 7.22. The van der Waals surface area contributed by atoms with Crippen molar-refractivity contribution in [1.82, 2.24) is 0 Å². The second-order valence-corrected chi connectivity index (χ2v) is 5.33. The summed E-state index contributed by atoms with van der Waals surface area (Å²) < 4.78 is 16.0. The molecule has 2 heterocycles. The van der Waals surface area contributed by atoms with Crippen molar-refractivity contribution < 1.29 is 19.0 Å². The Bertz CT molecular complexity index is 680. The number of ether oxygens (including phenoxy) is 3. The summed E-state index contributed by atoms with van der Waals surface area (Å²) in [5.41, 5.74) is 2.87. The summed E-state index contributed by atoms with van der Waals surface area (Å²) in [6.07, 6.45) is 1.24. The minimum Gasteiger partial charge on any atom is -0.493 e. The van der Waals surface area contributed by atoms with Crippen LogP contribution in [0.4, 0.5) is 5.69 Å². The molecule has 0 fully saturated rings. The van der Waals surface area contributed by atoms with E-state index in [2.05, 4.69) is 5.32 Å². The zero-order valence-corrected chi connectivity index (χ0v) is 11.9. The molecule has 0 saturated carbocycles. The van der Waals surface area contributed by atoms with E-state index in [9.17, 15) is 4.79 Å². The van der Waals surface area contributed by atoms with Crippen molar-refractivity contribution in [3.63, 3.8) is 0 Å². The molecule has 0 unspecified atom stereocenters. The van der Waals surface area contributed by atoms with Crippen LogP contribution in [0, 0.1) is 0 Å². The van der Waals surface area contributed by atoms with Crippen LogP contribution in [0.5, 0.6) is 17.2 Å². The van der Waals surface area contributed by atoms with E-state index in [0.29, 0.717) is 23.6 Å². The summed E-state index contributed by atoms with van der Waals surface area (Å²) in [6.45, 7) is 0.951. The lowest BCUT2D eigenvalue weighted by atomic mass is 10.1. The number of carbonyl (C=O) groups excluding carboxylic acids is 1. The van der Waals surface area contributed by atoms with Gasteiger partial charge in [0.1, 0.15) is 5.75 Å². The molecule has 4 rings (SSSR count). The van der Waals surface area contributed by atoms with Gasteiger partial charge in [0, 0.05) is 18.2 Å². The molecule has 22 heavy (non-hydrogen) atoms. The summed E-state index contributed by atoms with van der Waals surface area (Å²) in [5.74, 6) is 2.24. The maximum absolute atomic E-state index is 12.2. The Labute approximate surface area is 127 Å². The Morgan fingerprint density at radius 2 is 1.86 bits per heavy atom. The third kappa shape index (κ3) is 2.45. The number of fused-ring (bicyclic) bond motifs is 2. The zero-order chi connectivity index (χ0) is 14.9. The first kappa shape index (κ1) is 13.0. The molecule has 5 nitrogen and oxygen atoms in total. The highest BCUT2D eigenvalue weighted by Crippen LogP contribution is 2.34. The van der Waals surface area contributed by atoms with E-state index in [1.54, 1.807) is 12.1 Å². The molecule has 1 N–H and O–H groups in total. The summed E-state index contributed by atoms with van der Waals surface area (Å²) >= 11 is 0. The number of nitrogens with one attached hydrogen (secondary N) is 1. The molecule has 2 aliphatic rings. The Balaban J connectivity index is 1.44. The molecule has 0 radical (unpaired) electrons. The van der Waals surface area contributed by atoms with Crippen LogP contribution in [0.3, 0.4) is 0 Å². The minimum atomic E-state index is -0.0577. The molecule has 0 spiro atoms. The number of anilines is 1. The van der Waals surface area contributed by atoms with Crippen LogP contribution < -0.4 is 19.5 Å². The number of carbonyl (C=O) groups is 1. The van der Waals surface area contributed by atoms with Crippen LogP contribution in [0.2, 0.25) is 0 Å². The van der Waals surface area contributed by atoms with Crippen LogP contribution in [0.15, 0.2) is 36.4 Å². The molecule has 1 amide bonds. The SMILES string of the molecule is O=C(Cc1ccc2c(c1)CCO2)Nc1ccc2c(c1)OCO2. The first-order chi connectivity index (χ1) is 10.8. The number of amides is 1. The predicted molar refractivity (Wildman–Crippen MR) is 80.5 cm³/mol. The molecular weight excluding hydrogens is 282 g/mol. The van der Waals surface area contributed by atoms with Crippen molar-refractivity contribution >= 4 is 11.6 Å². The molecule has 0 aliphatic carbocycles. The summed E-state index contributed by atoms with van der Waals surface area (Å²) in [4.78, 5) is 12.2. The second kappa shape index (κ2) is 5.26. The molecule has 2 aromatic carbocycles. The van der Waals surface area contributed by atoms with Gasteiger partial charge in [0.2, 0.25) is 12.7 Å². The molecule has 5 heteroatoms. The fraction of sp³-hybridized carbons (Fsp3) is 0.235. The summed E-state index contributed by atoms with van der Waals surface area (Å²) in [7, 11) is 0. The highest BCUT2D eigenvalue weighted by molar-refractivity contribution is 5.92. The fourth-order valence-corrected chi connectivity index (χ4v) is 2.71. The standard InChI is InChI=1S/C17H15NO4/c19-17(8-11-1-3-14-12(7-11)5-6-20-14)18-13-2-4-15-16(9-13)22-10-21-15/h1-4,7,9H,5-6,8,10H2,(H,18,19). The van der Waals surface area contributed by atoms with Crippen LogP contribution in [0.1, 0.15) is 11.1 Å². The lowest BCUT2D eigenvalue weighted by Crippen LogP contribution is -2.14. The lowest BCUT2D eigenvalue weighted by molar-refractivity contribution is -0.115. The van der Waals surface area contributed by atoms with Gasteiger partial charge >= 0.3 is 0 Å². The third-order valence-corrected chi connectivity index (χ3v) is 3.77. The van der Waals surface area contributed by atoms with Gasteiger partial charge in [0.05, 0.1) is 13.0 Å². The average molecular weight is 297 g/mol. The molecule has 2 aromatic rings. The van der Waals surface area contributed by atoms with Crippen molar-refractivity contribution in [2.45, 2.75) is 12.8 Å². The monoisotopic (exact) mass is 297 g/mol. The topological polar surface area (TPSA) is 56.8 Å². The quantitative estimate of drug-likeness (QED) is 0.946. The Morgan fingerprint density at radius 1 is 1.00 bits per heavy atom. The van der Waals surface area contributed by atoms with Crippen molar-refractivity contribution in [2.24, 2.45) is 0 Å². The fourth-order valence-electron chi connectivity index (χ4n) is 2.71. The van der Waals surface area contributed by atoms with E-state index in [4.69, 9.17) is 14.2 Å². The number of benzene rings is 2. The van der Waals surface area contributed by atoms with Gasteiger partial charge in [-0.3, -0.25) is 4.79 Å². The summed E-state index contributed by atoms with van der Waals surface area (Å²) in [5, 5.41) is 2.88. The van der Waals surface area contributed by atoms with Gasteiger partial charge in [-0.05, 0) is 29.3 Å². The third-order valence-electron chi connectivity index (χ3n) is 3.77. The lowest BCUT2D eigenvalue weighted by Gasteiger charge is -2.07. The van der Waals surface area contributed by atoms with Gasteiger partial charge < -0.3 is 19.5 Å². The van der Waals surface area contributed by atoms with Gasteiger partial charge in [-0.1, -0.05) is 12.1 Å². The van der Waals surface area contributed by atoms with E-state index < -0.39 is 0 Å². The van der Waals surface area contributed by atoms with Crippen molar-refractivity contribution in [2.75, 3.05) is 18.7 Å². The molecular formula is C17H15NO4. The average Bonchev–Trinajstić information content (AvgIpc) is 3.14. The Hall–Kier alpha value is -2.69. The predicted octanol–water partition coefficient (Wildman–Crippen LogP) is 2.53. The molecule has 0 aromatic heterocycles. The molecule has 2 aliphatic heterocycles. The van der Waals surface area contributed by atoms with Crippen LogP contribution >= 0.6 is 0 Å². The van der Waals surface area contributed by atoms with Gasteiger partial charge in [0.25, 0.3) is 0 Å². The van der Waals surface area contributed by atoms with E-state index in [1.165, 1.54) is 5.56 Å². The van der Waals surface area contributed by atoms with Crippen molar-refractivity contribution in [3.8, 4) is 17.2 Å². The number of hydrogen-bond acceptors (Lipinski definition) is 4. The van der Waals surface area contributed by atoms with Gasteiger partial charge in [-0.2, -0.15) is 0 Å². The van der Waals surface area contributed by atoms with Crippen LogP contribution in [0.25, 0.3) is 0 Å². The van der Waals surface area contributed by atoms with E-state index >= 15 is 0 Å². The smallest absolute Gasteiger partial charge is 0.231 e. The van der Waals surface area contributed by atoms with E-state index in [0.717, 1.165) is 24.3 Å². The second-order valence-electron chi connectivity index (χ2n) is 5.33. The summed E-state index contributed by atoms with van der Waals surface area (Å²) in [6, 6.07) is 11.3. The maximum atomic E-state index is 12.2. The largest absolute Gasteiger partial charge is 0.493 e. The van der Waals surface area contributed by atoms with Crippen LogP contribution in [-0.2, 0) is 17.6 Å². The zero-order valence-electron chi connectivity index (χ0n) is 11.9. The molecule has 0 atom stereocenters. The molecule has 0 bridgehead atoms. The number of hydrogen-bond donors (Lipinski definition) is 1. The highest BCUT2D eigenvalue weighted by atomic mass is 16.7. The van der Waals surface area contributed by atoms with Crippen molar-refractivity contribution in [3.05, 3.63) is 47.5 Å². The molecule has 0 saturated heterocycles. The minimum absolute atomic E-state index is 0.0577. The molecule has 112 valence electrons. The van der Waals surface area contributed by atoms with Gasteiger partial charge in [-0.15, -0.1) is 0 Å². The van der Waals surface area contributed by atoms with E-state index in [1.807, 2.05) is 24.3 Å².